The van der Waals surface area contributed by atoms with Crippen LogP contribution in [-0.2, 0) is 4.79 Å². The van der Waals surface area contributed by atoms with E-state index in [4.69, 9.17) is 15.1 Å². The molecule has 1 N–H and O–H groups in total. The van der Waals surface area contributed by atoms with Crippen LogP contribution in [-0.4, -0.2) is 18.2 Å². The largest absolute Gasteiger partial charge is 0.497 e. The molecule has 1 aromatic carbocycles. The van der Waals surface area contributed by atoms with Gasteiger partial charge in [-0.3, -0.25) is 0 Å². The Morgan fingerprint density at radius 3 is 2.81 bits per heavy atom. The fraction of sp³-hybridized carbons (Fsp3) is 0.0909. The average molecular weight is 282 g/mol. The van der Waals surface area contributed by atoms with Crippen LogP contribution >= 0.6 is 15.9 Å². The van der Waals surface area contributed by atoms with E-state index in [1.165, 1.54) is 13.2 Å². The second kappa shape index (κ2) is 5.33. The number of nitriles is 1. The van der Waals surface area contributed by atoms with Gasteiger partial charge in [0, 0.05) is 4.47 Å². The topological polar surface area (TPSA) is 70.3 Å². The molecule has 16 heavy (non-hydrogen) atoms. The predicted molar refractivity (Wildman–Crippen MR) is 61.9 cm³/mol. The first-order valence-electron chi connectivity index (χ1n) is 4.27. The van der Waals surface area contributed by atoms with Crippen LogP contribution in [0.25, 0.3) is 6.08 Å². The lowest BCUT2D eigenvalue weighted by Crippen LogP contribution is -1.97. The van der Waals surface area contributed by atoms with Gasteiger partial charge in [0.25, 0.3) is 0 Å². The molecule has 0 fully saturated rings. The van der Waals surface area contributed by atoms with Crippen molar-refractivity contribution in [2.45, 2.75) is 0 Å². The first-order valence-corrected chi connectivity index (χ1v) is 5.06. The maximum absolute atomic E-state index is 10.7. The van der Waals surface area contributed by atoms with Crippen LogP contribution in [0.1, 0.15) is 5.56 Å². The number of halogens is 1. The van der Waals surface area contributed by atoms with Crippen molar-refractivity contribution in [3.8, 4) is 11.8 Å². The zero-order valence-corrected chi connectivity index (χ0v) is 9.98. The second-order valence-corrected chi connectivity index (χ2v) is 3.72. The first-order chi connectivity index (χ1) is 7.58. The molecule has 5 heteroatoms. The van der Waals surface area contributed by atoms with E-state index < -0.39 is 5.97 Å². The molecular formula is C11H8BrNO3. The summed E-state index contributed by atoms with van der Waals surface area (Å²) < 4.78 is 5.70. The van der Waals surface area contributed by atoms with Crippen molar-refractivity contribution in [2.75, 3.05) is 7.11 Å². The molecule has 0 aliphatic carbocycles. The number of carbonyl (C=O) groups is 1. The highest BCUT2D eigenvalue weighted by atomic mass is 79.9. The summed E-state index contributed by atoms with van der Waals surface area (Å²) in [6, 6.07) is 6.71. The third kappa shape index (κ3) is 2.84. The van der Waals surface area contributed by atoms with Gasteiger partial charge in [0.1, 0.15) is 17.4 Å². The Morgan fingerprint density at radius 2 is 2.31 bits per heavy atom. The highest BCUT2D eigenvalue weighted by molar-refractivity contribution is 9.10. The summed E-state index contributed by atoms with van der Waals surface area (Å²) in [6.45, 7) is 0. The number of nitrogens with zero attached hydrogens (tertiary/aromatic N) is 1. The van der Waals surface area contributed by atoms with Crippen molar-refractivity contribution >= 4 is 28.0 Å². The Hall–Kier alpha value is -1.80. The molecule has 0 amide bonds. The molecule has 0 aliphatic rings. The van der Waals surface area contributed by atoms with Crippen LogP contribution in [0.2, 0.25) is 0 Å². The third-order valence-corrected chi connectivity index (χ3v) is 2.58. The van der Waals surface area contributed by atoms with Gasteiger partial charge in [0.2, 0.25) is 0 Å². The van der Waals surface area contributed by atoms with E-state index in [0.717, 1.165) is 0 Å². The SMILES string of the molecule is COc1ccc(Br)c(/C=C(\C#N)C(=O)O)c1. The van der Waals surface area contributed by atoms with Crippen molar-refractivity contribution in [1.29, 1.82) is 5.26 Å². The standard InChI is InChI=1S/C11H8BrNO3/c1-16-9-2-3-10(12)7(5-9)4-8(6-13)11(14)15/h2-5H,1H3,(H,14,15)/b8-4+. The van der Waals surface area contributed by atoms with Crippen LogP contribution in [0.15, 0.2) is 28.2 Å². The van der Waals surface area contributed by atoms with Crippen LogP contribution < -0.4 is 4.74 Å². The zero-order chi connectivity index (χ0) is 12.1. The summed E-state index contributed by atoms with van der Waals surface area (Å²) in [6.07, 6.45) is 1.29. The van der Waals surface area contributed by atoms with Crippen molar-refractivity contribution < 1.29 is 14.6 Å². The lowest BCUT2D eigenvalue weighted by Gasteiger charge is -2.03. The summed E-state index contributed by atoms with van der Waals surface area (Å²) in [7, 11) is 1.51. The van der Waals surface area contributed by atoms with E-state index in [2.05, 4.69) is 15.9 Å². The molecule has 4 nitrogen and oxygen atoms in total. The summed E-state index contributed by atoms with van der Waals surface area (Å²) in [4.78, 5) is 10.7. The Morgan fingerprint density at radius 1 is 1.62 bits per heavy atom. The molecule has 1 aromatic rings. The molecule has 0 saturated carbocycles. The summed E-state index contributed by atoms with van der Waals surface area (Å²) in [5.74, 6) is -0.658. The molecule has 0 aliphatic heterocycles. The van der Waals surface area contributed by atoms with Gasteiger partial charge in [-0.2, -0.15) is 5.26 Å². The number of benzene rings is 1. The van der Waals surface area contributed by atoms with Gasteiger partial charge in [-0.25, -0.2) is 4.79 Å². The summed E-state index contributed by atoms with van der Waals surface area (Å²) in [5, 5.41) is 17.3. The smallest absolute Gasteiger partial charge is 0.346 e. The highest BCUT2D eigenvalue weighted by Gasteiger charge is 2.07. The number of methoxy groups -OCH3 is 1. The minimum atomic E-state index is -1.25. The fourth-order valence-corrected chi connectivity index (χ4v) is 1.42. The number of rotatable bonds is 3. The Bertz CT molecular complexity index is 488. The minimum Gasteiger partial charge on any atom is -0.497 e. The molecule has 1 rings (SSSR count). The van der Waals surface area contributed by atoms with Crippen LogP contribution in [0.4, 0.5) is 0 Å². The number of carboxylic acids is 1. The molecule has 0 saturated heterocycles. The van der Waals surface area contributed by atoms with E-state index in [9.17, 15) is 4.79 Å². The van der Waals surface area contributed by atoms with Gasteiger partial charge in [0.05, 0.1) is 7.11 Å². The molecule has 0 unspecified atom stereocenters. The van der Waals surface area contributed by atoms with Gasteiger partial charge in [-0.15, -0.1) is 0 Å². The Kier molecular flexibility index (Phi) is 4.09. The van der Waals surface area contributed by atoms with Gasteiger partial charge in [-0.1, -0.05) is 15.9 Å². The Labute approximate surface area is 101 Å². The quantitative estimate of drug-likeness (QED) is 0.682. The van der Waals surface area contributed by atoms with Gasteiger partial charge < -0.3 is 9.84 Å². The van der Waals surface area contributed by atoms with Crippen molar-refractivity contribution in [1.82, 2.24) is 0 Å². The number of ether oxygens (including phenoxy) is 1. The monoisotopic (exact) mass is 281 g/mol. The molecule has 0 radical (unpaired) electrons. The van der Waals surface area contributed by atoms with Gasteiger partial charge in [0.15, 0.2) is 0 Å². The normalized spacial score (nSPS) is 10.7. The number of hydrogen-bond acceptors (Lipinski definition) is 3. The molecule has 0 aromatic heterocycles. The molecular weight excluding hydrogens is 274 g/mol. The fourth-order valence-electron chi connectivity index (χ4n) is 1.06. The van der Waals surface area contributed by atoms with Crippen molar-refractivity contribution in [2.24, 2.45) is 0 Å². The van der Waals surface area contributed by atoms with Gasteiger partial charge >= 0.3 is 5.97 Å². The van der Waals surface area contributed by atoms with Crippen molar-refractivity contribution in [3.05, 3.63) is 33.8 Å². The highest BCUT2D eigenvalue weighted by Crippen LogP contribution is 2.24. The zero-order valence-electron chi connectivity index (χ0n) is 8.40. The lowest BCUT2D eigenvalue weighted by molar-refractivity contribution is -0.132. The van der Waals surface area contributed by atoms with Crippen LogP contribution in [0.3, 0.4) is 0 Å². The minimum absolute atomic E-state index is 0.325. The molecule has 82 valence electrons. The first kappa shape index (κ1) is 12.3. The number of hydrogen-bond donors (Lipinski definition) is 1. The maximum atomic E-state index is 10.7. The van der Waals surface area contributed by atoms with E-state index in [1.54, 1.807) is 24.3 Å². The third-order valence-electron chi connectivity index (χ3n) is 1.85. The number of aliphatic carboxylic acids is 1. The lowest BCUT2D eigenvalue weighted by atomic mass is 10.1. The van der Waals surface area contributed by atoms with E-state index >= 15 is 0 Å². The summed E-state index contributed by atoms with van der Waals surface area (Å²) in [5.41, 5.74) is 0.257. The van der Waals surface area contributed by atoms with Crippen LogP contribution in [0.5, 0.6) is 5.75 Å². The van der Waals surface area contributed by atoms with Crippen molar-refractivity contribution in [3.63, 3.8) is 0 Å². The van der Waals surface area contributed by atoms with Crippen LogP contribution in [0, 0.1) is 11.3 Å². The van der Waals surface area contributed by atoms with E-state index in [1.807, 2.05) is 0 Å². The van der Waals surface area contributed by atoms with E-state index in [-0.39, 0.29) is 5.57 Å². The molecule has 0 spiro atoms. The average Bonchev–Trinajstić information content (AvgIpc) is 2.27. The maximum Gasteiger partial charge on any atom is 0.346 e. The molecule has 0 bridgehead atoms. The molecule has 0 heterocycles. The predicted octanol–water partition coefficient (Wildman–Crippen LogP) is 2.45. The van der Waals surface area contributed by atoms with Gasteiger partial charge in [-0.05, 0) is 29.8 Å². The van der Waals surface area contributed by atoms with E-state index in [0.29, 0.717) is 15.8 Å². The number of carboxylic acid groups (broad SMARTS) is 1. The Balaban J connectivity index is 3.23. The second-order valence-electron chi connectivity index (χ2n) is 2.86. The molecule has 0 atom stereocenters. The summed E-state index contributed by atoms with van der Waals surface area (Å²) >= 11 is 3.26.